The molecule has 0 saturated heterocycles. The number of likely N-dealkylation sites (N-methyl/N-ethyl adjacent to an activating group) is 1. The molecule has 0 amide bonds. The highest BCUT2D eigenvalue weighted by atomic mass is 32.5. The second-order valence-corrected chi connectivity index (χ2v) is 6.75. The first-order valence-corrected chi connectivity index (χ1v) is 8.51. The molecular weight excluding hydrogens is 291 g/mol. The van der Waals surface area contributed by atoms with Crippen LogP contribution in [0.25, 0.3) is 0 Å². The van der Waals surface area contributed by atoms with Gasteiger partial charge in [-0.3, -0.25) is 0 Å². The Kier molecular flexibility index (Phi) is 6.48. The summed E-state index contributed by atoms with van der Waals surface area (Å²) in [5.74, 6) is -0.303. The molecule has 17 heavy (non-hydrogen) atoms. The molecule has 0 fully saturated rings. The minimum absolute atomic E-state index is 0.0981. The first kappa shape index (κ1) is 16.7. The summed E-state index contributed by atoms with van der Waals surface area (Å²) in [5, 5.41) is 4.68. The lowest BCUT2D eigenvalue weighted by atomic mass is 10.5. The van der Waals surface area contributed by atoms with Crippen LogP contribution in [0.3, 0.4) is 0 Å². The molecule has 0 rings (SSSR count). The lowest BCUT2D eigenvalue weighted by Crippen LogP contribution is -2.40. The van der Waals surface area contributed by atoms with Crippen molar-refractivity contribution in [1.82, 2.24) is 4.90 Å². The SMILES string of the molecule is CCN(CCOP(O)(O)=S)C(N)=NS(N)(=O)=O. The van der Waals surface area contributed by atoms with E-state index in [4.69, 9.17) is 15.5 Å². The maximum atomic E-state index is 10.7. The summed E-state index contributed by atoms with van der Waals surface area (Å²) in [4.78, 5) is 18.9. The number of guanidine groups is 1. The second kappa shape index (κ2) is 6.59. The van der Waals surface area contributed by atoms with Gasteiger partial charge in [0, 0.05) is 13.1 Å². The Morgan fingerprint density at radius 1 is 1.59 bits per heavy atom. The van der Waals surface area contributed by atoms with Gasteiger partial charge in [-0.2, -0.15) is 8.42 Å². The lowest BCUT2D eigenvalue weighted by Gasteiger charge is -2.21. The van der Waals surface area contributed by atoms with Crippen molar-refractivity contribution < 1.29 is 22.7 Å². The van der Waals surface area contributed by atoms with E-state index >= 15 is 0 Å². The van der Waals surface area contributed by atoms with Gasteiger partial charge in [0.15, 0.2) is 0 Å². The van der Waals surface area contributed by atoms with Crippen molar-refractivity contribution in [3.8, 4) is 0 Å². The third-order valence-corrected chi connectivity index (χ3v) is 2.82. The van der Waals surface area contributed by atoms with Crippen molar-refractivity contribution in [3.05, 3.63) is 0 Å². The monoisotopic (exact) mass is 306 g/mol. The fourth-order valence-corrected chi connectivity index (χ4v) is 1.81. The van der Waals surface area contributed by atoms with Crippen LogP contribution in [0.2, 0.25) is 0 Å². The second-order valence-electron chi connectivity index (χ2n) is 2.87. The Balaban J connectivity index is 4.45. The van der Waals surface area contributed by atoms with Gasteiger partial charge in [0.25, 0.3) is 0 Å². The van der Waals surface area contributed by atoms with E-state index in [9.17, 15) is 8.42 Å². The molecule has 0 bridgehead atoms. The van der Waals surface area contributed by atoms with E-state index in [1.165, 1.54) is 4.90 Å². The molecule has 0 spiro atoms. The van der Waals surface area contributed by atoms with Crippen LogP contribution in [0.15, 0.2) is 4.40 Å². The molecule has 9 nitrogen and oxygen atoms in total. The topological polar surface area (TPSA) is 151 Å². The fourth-order valence-electron chi connectivity index (χ4n) is 0.893. The molecule has 0 aromatic carbocycles. The molecule has 0 aliphatic rings. The van der Waals surface area contributed by atoms with Crippen LogP contribution in [0.1, 0.15) is 6.92 Å². The minimum Gasteiger partial charge on any atom is -0.369 e. The highest BCUT2D eigenvalue weighted by Crippen LogP contribution is 2.35. The van der Waals surface area contributed by atoms with Gasteiger partial charge in [-0.25, -0.2) is 5.14 Å². The molecule has 6 N–H and O–H groups in total. The number of hydrogen-bond acceptors (Lipinski definition) is 4. The van der Waals surface area contributed by atoms with Gasteiger partial charge < -0.3 is 24.9 Å². The lowest BCUT2D eigenvalue weighted by molar-refractivity contribution is 0.228. The van der Waals surface area contributed by atoms with E-state index in [0.29, 0.717) is 6.54 Å². The van der Waals surface area contributed by atoms with Gasteiger partial charge in [-0.1, -0.05) is 0 Å². The molecule has 0 saturated carbocycles. The van der Waals surface area contributed by atoms with E-state index < -0.39 is 16.9 Å². The normalized spacial score (nSPS) is 13.8. The molecule has 0 aromatic rings. The van der Waals surface area contributed by atoms with E-state index in [2.05, 4.69) is 25.9 Å². The molecule has 0 aliphatic heterocycles. The zero-order valence-corrected chi connectivity index (χ0v) is 11.6. The van der Waals surface area contributed by atoms with Gasteiger partial charge >= 0.3 is 16.9 Å². The van der Waals surface area contributed by atoms with Crippen LogP contribution >= 0.6 is 6.72 Å². The number of nitrogens with zero attached hydrogens (tertiary/aromatic N) is 2. The molecule has 102 valence electrons. The summed E-state index contributed by atoms with van der Waals surface area (Å²) in [7, 11) is -4.06. The van der Waals surface area contributed by atoms with Crippen LogP contribution in [-0.2, 0) is 26.5 Å². The predicted molar refractivity (Wildman–Crippen MR) is 66.7 cm³/mol. The van der Waals surface area contributed by atoms with Crippen LogP contribution in [0, 0.1) is 0 Å². The summed E-state index contributed by atoms with van der Waals surface area (Å²) in [6.07, 6.45) is 0. The van der Waals surface area contributed by atoms with Gasteiger partial charge in [0.1, 0.15) is 0 Å². The van der Waals surface area contributed by atoms with Crippen molar-refractivity contribution >= 4 is 34.7 Å². The Labute approximate surface area is 105 Å². The number of nitrogens with two attached hydrogens (primary N) is 2. The molecule has 12 heteroatoms. The summed E-state index contributed by atoms with van der Waals surface area (Å²) in [6.45, 7) is -1.71. The predicted octanol–water partition coefficient (Wildman–Crippen LogP) is -1.95. The summed E-state index contributed by atoms with van der Waals surface area (Å²) >= 11 is 4.23. The highest BCUT2D eigenvalue weighted by molar-refractivity contribution is 8.06. The van der Waals surface area contributed by atoms with Gasteiger partial charge in [-0.05, 0) is 18.7 Å². The van der Waals surface area contributed by atoms with Gasteiger partial charge in [0.2, 0.25) is 5.96 Å². The maximum Gasteiger partial charge on any atom is 0.321 e. The average Bonchev–Trinajstić information content (AvgIpc) is 2.07. The number of hydrogen-bond donors (Lipinski definition) is 4. The van der Waals surface area contributed by atoms with E-state index in [1.54, 1.807) is 6.92 Å². The van der Waals surface area contributed by atoms with Crippen molar-refractivity contribution in [2.45, 2.75) is 6.92 Å². The smallest absolute Gasteiger partial charge is 0.321 e. The van der Waals surface area contributed by atoms with Gasteiger partial charge in [0.05, 0.1) is 6.61 Å². The van der Waals surface area contributed by atoms with Crippen molar-refractivity contribution in [2.24, 2.45) is 15.3 Å². The summed E-state index contributed by atoms with van der Waals surface area (Å²) < 4.78 is 28.9. The Hall–Kier alpha value is -0.290. The standard InChI is InChI=1S/C5H15N4O5PS2/c1-2-9(3-4-14-15(10,11)16)5(6)8-17(7,12)13/h2-4H2,1H3,(H2,6,8)(H2,7,12,13)(H2,10,11,16). The number of rotatable bonds is 6. The van der Waals surface area contributed by atoms with Crippen LogP contribution in [0.5, 0.6) is 0 Å². The largest absolute Gasteiger partial charge is 0.369 e. The molecule has 0 radical (unpaired) electrons. The first-order chi connectivity index (χ1) is 7.55. The Morgan fingerprint density at radius 2 is 2.12 bits per heavy atom. The quantitative estimate of drug-likeness (QED) is 0.251. The average molecular weight is 306 g/mol. The zero-order chi connectivity index (χ0) is 13.7. The van der Waals surface area contributed by atoms with Crippen molar-refractivity contribution in [1.29, 1.82) is 0 Å². The van der Waals surface area contributed by atoms with Gasteiger partial charge in [-0.15, -0.1) is 4.40 Å². The third-order valence-electron chi connectivity index (χ3n) is 1.55. The van der Waals surface area contributed by atoms with Crippen LogP contribution in [0.4, 0.5) is 0 Å². The Morgan fingerprint density at radius 3 is 2.47 bits per heavy atom. The molecular formula is C5H15N4O5PS2. The molecule has 0 aliphatic carbocycles. The van der Waals surface area contributed by atoms with E-state index in [1.807, 2.05) is 0 Å². The minimum atomic E-state index is -4.06. The molecule has 0 unspecified atom stereocenters. The third kappa shape index (κ3) is 9.41. The van der Waals surface area contributed by atoms with Crippen molar-refractivity contribution in [3.63, 3.8) is 0 Å². The highest BCUT2D eigenvalue weighted by Gasteiger charge is 2.12. The van der Waals surface area contributed by atoms with E-state index in [-0.39, 0.29) is 19.1 Å². The fraction of sp³-hybridized carbons (Fsp3) is 0.800. The molecule has 0 heterocycles. The first-order valence-electron chi connectivity index (χ1n) is 4.38. The van der Waals surface area contributed by atoms with Crippen molar-refractivity contribution in [2.75, 3.05) is 19.7 Å². The Bertz CT molecular complexity index is 418. The molecule has 0 atom stereocenters. The molecule has 0 aromatic heterocycles. The summed E-state index contributed by atoms with van der Waals surface area (Å²) in [5.41, 5.74) is 5.38. The maximum absolute atomic E-state index is 10.7. The zero-order valence-electron chi connectivity index (χ0n) is 9.05. The van der Waals surface area contributed by atoms with Crippen LogP contribution in [-0.4, -0.2) is 48.8 Å². The van der Waals surface area contributed by atoms with E-state index in [0.717, 1.165) is 0 Å². The summed E-state index contributed by atoms with van der Waals surface area (Å²) in [6, 6.07) is 0. The van der Waals surface area contributed by atoms with Crippen LogP contribution < -0.4 is 10.9 Å².